The lowest BCUT2D eigenvalue weighted by atomic mass is 9.98. The van der Waals surface area contributed by atoms with Crippen molar-refractivity contribution >= 4 is 5.97 Å². The maximum absolute atomic E-state index is 11.1. The lowest BCUT2D eigenvalue weighted by molar-refractivity contribution is -0.139. The predicted octanol–water partition coefficient (Wildman–Crippen LogP) is 4.15. The van der Waals surface area contributed by atoms with Gasteiger partial charge in [-0.1, -0.05) is 23.4 Å². The first-order chi connectivity index (χ1) is 15.9. The van der Waals surface area contributed by atoms with Crippen molar-refractivity contribution in [3.05, 3.63) is 53.1 Å². The molecule has 33 heavy (non-hydrogen) atoms. The van der Waals surface area contributed by atoms with Crippen LogP contribution in [-0.4, -0.2) is 39.9 Å². The molecule has 2 atom stereocenters. The fourth-order valence-electron chi connectivity index (χ4n) is 4.13. The number of aliphatic carboxylic acids is 1. The van der Waals surface area contributed by atoms with Crippen LogP contribution in [0.15, 0.2) is 40.9 Å². The van der Waals surface area contributed by atoms with Crippen LogP contribution in [0.2, 0.25) is 0 Å². The number of carboxylic acids is 1. The van der Waals surface area contributed by atoms with Gasteiger partial charge in [0.1, 0.15) is 17.9 Å². The molecule has 0 spiro atoms. The van der Waals surface area contributed by atoms with Crippen LogP contribution in [0.25, 0.3) is 22.8 Å². The van der Waals surface area contributed by atoms with E-state index in [4.69, 9.17) is 14.4 Å². The SMILES string of the molecule is CC(C)Oc1ccc(-c2nc(-c3cccc4c3CCC4CNC(C)C(=O)O)no2)cc1C#N. The number of nitrogens with one attached hydrogen (secondary N) is 1. The highest BCUT2D eigenvalue weighted by molar-refractivity contribution is 5.73. The van der Waals surface area contributed by atoms with Gasteiger partial charge in [0, 0.05) is 17.7 Å². The van der Waals surface area contributed by atoms with Crippen molar-refractivity contribution in [2.24, 2.45) is 0 Å². The molecule has 0 bridgehead atoms. The van der Waals surface area contributed by atoms with E-state index in [0.29, 0.717) is 35.1 Å². The Bertz CT molecular complexity index is 1210. The standard InChI is InChI=1S/C25H26N4O4/c1-14(2)32-22-10-8-16(11-18(22)12-26)24-28-23(29-33-24)21-6-4-5-19-17(7-9-20(19)21)13-27-15(3)25(30)31/h4-6,8,10-11,14-15,17,27H,7,9,13H2,1-3H3,(H,30,31). The minimum Gasteiger partial charge on any atom is -0.490 e. The molecule has 0 saturated heterocycles. The number of hydrogen-bond acceptors (Lipinski definition) is 7. The van der Waals surface area contributed by atoms with Gasteiger partial charge in [-0.25, -0.2) is 0 Å². The Balaban J connectivity index is 1.58. The number of nitrogens with zero attached hydrogens (tertiary/aromatic N) is 3. The number of aromatic nitrogens is 2. The summed E-state index contributed by atoms with van der Waals surface area (Å²) in [5, 5.41) is 25.9. The molecule has 3 aromatic rings. The molecule has 2 N–H and O–H groups in total. The number of ether oxygens (including phenoxy) is 1. The lowest BCUT2D eigenvalue weighted by Gasteiger charge is -2.15. The number of carbonyl (C=O) groups is 1. The molecule has 0 fully saturated rings. The third-order valence-electron chi connectivity index (χ3n) is 5.81. The van der Waals surface area contributed by atoms with Gasteiger partial charge in [0.05, 0.1) is 11.7 Å². The van der Waals surface area contributed by atoms with Crippen molar-refractivity contribution in [3.63, 3.8) is 0 Å². The molecule has 0 aliphatic heterocycles. The first-order valence-electron chi connectivity index (χ1n) is 11.0. The zero-order chi connectivity index (χ0) is 23.5. The summed E-state index contributed by atoms with van der Waals surface area (Å²) in [6.07, 6.45) is 1.76. The summed E-state index contributed by atoms with van der Waals surface area (Å²) >= 11 is 0. The third-order valence-corrected chi connectivity index (χ3v) is 5.81. The van der Waals surface area contributed by atoms with Crippen LogP contribution in [0.5, 0.6) is 5.75 Å². The van der Waals surface area contributed by atoms with E-state index in [1.54, 1.807) is 25.1 Å². The van der Waals surface area contributed by atoms with Gasteiger partial charge in [-0.15, -0.1) is 0 Å². The van der Waals surface area contributed by atoms with Crippen molar-refractivity contribution in [3.8, 4) is 34.7 Å². The van der Waals surface area contributed by atoms with Crippen molar-refractivity contribution in [1.82, 2.24) is 15.5 Å². The lowest BCUT2D eigenvalue weighted by Crippen LogP contribution is -2.36. The molecule has 8 heteroatoms. The van der Waals surface area contributed by atoms with E-state index >= 15 is 0 Å². The Labute approximate surface area is 192 Å². The first-order valence-corrected chi connectivity index (χ1v) is 11.0. The van der Waals surface area contributed by atoms with Crippen molar-refractivity contribution < 1.29 is 19.2 Å². The molecule has 1 aliphatic rings. The Morgan fingerprint density at radius 1 is 1.33 bits per heavy atom. The molecule has 0 saturated carbocycles. The van der Waals surface area contributed by atoms with Gasteiger partial charge < -0.3 is 19.7 Å². The van der Waals surface area contributed by atoms with E-state index in [0.717, 1.165) is 24.0 Å². The Hall–Kier alpha value is -3.70. The molecule has 0 amide bonds. The van der Waals surface area contributed by atoms with Crippen LogP contribution in [0, 0.1) is 11.3 Å². The van der Waals surface area contributed by atoms with Gasteiger partial charge in [0.15, 0.2) is 0 Å². The van der Waals surface area contributed by atoms with Crippen molar-refractivity contribution in [2.75, 3.05) is 6.54 Å². The summed E-state index contributed by atoms with van der Waals surface area (Å²) in [6.45, 7) is 6.06. The predicted molar refractivity (Wildman–Crippen MR) is 122 cm³/mol. The van der Waals surface area contributed by atoms with E-state index in [9.17, 15) is 10.1 Å². The maximum Gasteiger partial charge on any atom is 0.320 e. The molecular formula is C25H26N4O4. The first kappa shape index (κ1) is 22.5. The number of nitriles is 1. The minimum atomic E-state index is -0.857. The molecule has 0 radical (unpaired) electrons. The van der Waals surface area contributed by atoms with Crippen LogP contribution in [0.1, 0.15) is 49.8 Å². The molecule has 1 aromatic heterocycles. The minimum absolute atomic E-state index is 0.0375. The number of benzene rings is 2. The van der Waals surface area contributed by atoms with E-state index < -0.39 is 12.0 Å². The van der Waals surface area contributed by atoms with Crippen LogP contribution in [0.3, 0.4) is 0 Å². The Kier molecular flexibility index (Phi) is 6.43. The van der Waals surface area contributed by atoms with Gasteiger partial charge >= 0.3 is 5.97 Å². The number of fused-ring (bicyclic) bond motifs is 1. The fourth-order valence-corrected chi connectivity index (χ4v) is 4.13. The van der Waals surface area contributed by atoms with Crippen LogP contribution in [0.4, 0.5) is 0 Å². The number of rotatable bonds is 8. The Morgan fingerprint density at radius 2 is 2.15 bits per heavy atom. The van der Waals surface area contributed by atoms with E-state index in [1.165, 1.54) is 5.56 Å². The largest absolute Gasteiger partial charge is 0.490 e. The molecule has 8 nitrogen and oxygen atoms in total. The molecule has 170 valence electrons. The summed E-state index contributed by atoms with van der Waals surface area (Å²) in [5.74, 6) is 0.732. The summed E-state index contributed by atoms with van der Waals surface area (Å²) in [5.41, 5.74) is 4.33. The van der Waals surface area contributed by atoms with Gasteiger partial charge in [-0.3, -0.25) is 4.79 Å². The zero-order valence-corrected chi connectivity index (χ0v) is 18.8. The smallest absolute Gasteiger partial charge is 0.320 e. The van der Waals surface area contributed by atoms with E-state index in [2.05, 4.69) is 27.6 Å². The van der Waals surface area contributed by atoms with Crippen molar-refractivity contribution in [2.45, 2.75) is 51.7 Å². The highest BCUT2D eigenvalue weighted by Crippen LogP contribution is 2.38. The second kappa shape index (κ2) is 9.43. The van der Waals surface area contributed by atoms with E-state index in [-0.39, 0.29) is 12.0 Å². The molecule has 4 rings (SSSR count). The average Bonchev–Trinajstić information content (AvgIpc) is 3.44. The molecule has 2 aromatic carbocycles. The fraction of sp³-hybridized carbons (Fsp3) is 0.360. The van der Waals surface area contributed by atoms with Crippen LogP contribution in [-0.2, 0) is 11.2 Å². The van der Waals surface area contributed by atoms with Gasteiger partial charge in [-0.05, 0) is 68.9 Å². The second-order valence-corrected chi connectivity index (χ2v) is 8.49. The number of hydrogen-bond donors (Lipinski definition) is 2. The zero-order valence-electron chi connectivity index (χ0n) is 18.8. The second-order valence-electron chi connectivity index (χ2n) is 8.49. The highest BCUT2D eigenvalue weighted by Gasteiger charge is 2.27. The summed E-state index contributed by atoms with van der Waals surface area (Å²) < 4.78 is 11.2. The molecule has 1 heterocycles. The summed E-state index contributed by atoms with van der Waals surface area (Å²) in [4.78, 5) is 15.7. The topological polar surface area (TPSA) is 121 Å². The summed E-state index contributed by atoms with van der Waals surface area (Å²) in [6, 6.07) is 12.8. The molecular weight excluding hydrogens is 420 g/mol. The monoisotopic (exact) mass is 446 g/mol. The molecule has 1 aliphatic carbocycles. The van der Waals surface area contributed by atoms with Gasteiger partial charge in [0.25, 0.3) is 5.89 Å². The van der Waals surface area contributed by atoms with Crippen LogP contribution >= 0.6 is 0 Å². The normalized spacial score (nSPS) is 15.8. The Morgan fingerprint density at radius 3 is 2.88 bits per heavy atom. The highest BCUT2D eigenvalue weighted by atomic mass is 16.5. The number of carboxylic acid groups (broad SMARTS) is 1. The third kappa shape index (κ3) is 4.73. The quantitative estimate of drug-likeness (QED) is 0.529. The van der Waals surface area contributed by atoms with Gasteiger partial charge in [-0.2, -0.15) is 10.2 Å². The van der Waals surface area contributed by atoms with Crippen LogP contribution < -0.4 is 10.1 Å². The maximum atomic E-state index is 11.1. The molecule has 2 unspecified atom stereocenters. The summed E-state index contributed by atoms with van der Waals surface area (Å²) in [7, 11) is 0. The van der Waals surface area contributed by atoms with Gasteiger partial charge in [0.2, 0.25) is 5.82 Å². The van der Waals surface area contributed by atoms with E-state index in [1.807, 2.05) is 26.0 Å². The average molecular weight is 447 g/mol. The van der Waals surface area contributed by atoms with Crippen molar-refractivity contribution in [1.29, 1.82) is 5.26 Å².